The van der Waals surface area contributed by atoms with Crippen LogP contribution >= 0.6 is 0 Å². The molecule has 1 fully saturated rings. The molecule has 1 heterocycles. The molecule has 0 spiro atoms. The monoisotopic (exact) mass is 484 g/mol. The summed E-state index contributed by atoms with van der Waals surface area (Å²) in [5.74, 6) is 0.536. The Morgan fingerprint density at radius 3 is 1.69 bits per heavy atom. The van der Waals surface area contributed by atoms with E-state index in [9.17, 15) is 13.9 Å². The molecule has 8 heteroatoms. The summed E-state index contributed by atoms with van der Waals surface area (Å²) in [6.07, 6.45) is 0. The minimum Gasteiger partial charge on any atom is -0.504 e. The molecule has 4 rings (SSSR count). The van der Waals surface area contributed by atoms with Crippen molar-refractivity contribution >= 4 is 0 Å². The van der Waals surface area contributed by atoms with Crippen LogP contribution in [0.2, 0.25) is 0 Å². The highest BCUT2D eigenvalue weighted by Gasteiger charge is 2.28. The van der Waals surface area contributed by atoms with Crippen LogP contribution in [0.15, 0.2) is 54.6 Å². The van der Waals surface area contributed by atoms with Gasteiger partial charge in [0.15, 0.2) is 11.5 Å². The zero-order chi connectivity index (χ0) is 24.9. The van der Waals surface area contributed by atoms with Gasteiger partial charge in [0.1, 0.15) is 11.6 Å². The third kappa shape index (κ3) is 5.33. The Hall–Kier alpha value is -3.36. The van der Waals surface area contributed by atoms with Crippen molar-refractivity contribution in [1.82, 2.24) is 9.80 Å². The lowest BCUT2D eigenvalue weighted by atomic mass is 9.96. The van der Waals surface area contributed by atoms with Gasteiger partial charge in [-0.3, -0.25) is 9.80 Å². The molecule has 1 aliphatic heterocycles. The molecule has 0 saturated carbocycles. The minimum absolute atomic E-state index is 0.00790. The van der Waals surface area contributed by atoms with Crippen LogP contribution in [0, 0.1) is 11.6 Å². The first kappa shape index (κ1) is 24.8. The Balaban J connectivity index is 1.53. The van der Waals surface area contributed by atoms with E-state index in [-0.39, 0.29) is 29.2 Å². The summed E-state index contributed by atoms with van der Waals surface area (Å²) in [7, 11) is 4.54. The maximum atomic E-state index is 13.6. The highest BCUT2D eigenvalue weighted by Crippen LogP contribution is 2.46. The lowest BCUT2D eigenvalue weighted by molar-refractivity contribution is 0.104. The van der Waals surface area contributed by atoms with E-state index in [0.717, 1.165) is 42.9 Å². The molecular formula is C27H30F2N2O4. The third-order valence-electron chi connectivity index (χ3n) is 6.40. The van der Waals surface area contributed by atoms with Crippen molar-refractivity contribution in [2.24, 2.45) is 0 Å². The van der Waals surface area contributed by atoms with Crippen LogP contribution < -0.4 is 14.2 Å². The molecule has 0 unspecified atom stereocenters. The predicted octanol–water partition coefficient (Wildman–Crippen LogP) is 4.60. The molecule has 3 aromatic carbocycles. The molecule has 35 heavy (non-hydrogen) atoms. The number of piperazine rings is 1. The maximum absolute atomic E-state index is 13.6. The van der Waals surface area contributed by atoms with E-state index < -0.39 is 0 Å². The average Bonchev–Trinajstić information content (AvgIpc) is 2.87. The smallest absolute Gasteiger partial charge is 0.207 e. The van der Waals surface area contributed by atoms with Crippen molar-refractivity contribution in [3.63, 3.8) is 0 Å². The van der Waals surface area contributed by atoms with E-state index in [1.165, 1.54) is 38.5 Å². The van der Waals surface area contributed by atoms with Gasteiger partial charge in [-0.15, -0.1) is 0 Å². The summed E-state index contributed by atoms with van der Waals surface area (Å²) >= 11 is 0. The van der Waals surface area contributed by atoms with Crippen LogP contribution in [-0.2, 0) is 6.54 Å². The van der Waals surface area contributed by atoms with E-state index in [1.54, 1.807) is 37.4 Å². The standard InChI is InChI=1S/C27H30F2N2O4/c1-33-25-20(16-23(32)26(34-2)27(25)35-3)17-30-12-14-31(15-13-30)24(18-4-8-21(28)9-5-18)19-6-10-22(29)11-7-19/h4-11,16,24,32H,12-15,17H2,1-3H3. The molecule has 0 amide bonds. The van der Waals surface area contributed by atoms with Crippen LogP contribution in [0.1, 0.15) is 22.7 Å². The fourth-order valence-electron chi connectivity index (χ4n) is 4.71. The van der Waals surface area contributed by atoms with E-state index in [0.29, 0.717) is 18.0 Å². The number of benzene rings is 3. The number of phenols is 1. The second kappa shape index (κ2) is 10.9. The van der Waals surface area contributed by atoms with Gasteiger partial charge in [0, 0.05) is 38.3 Å². The van der Waals surface area contributed by atoms with E-state index in [4.69, 9.17) is 14.2 Å². The van der Waals surface area contributed by atoms with Crippen molar-refractivity contribution in [2.75, 3.05) is 47.5 Å². The third-order valence-corrected chi connectivity index (χ3v) is 6.40. The van der Waals surface area contributed by atoms with Crippen LogP contribution in [0.25, 0.3) is 0 Å². The predicted molar refractivity (Wildman–Crippen MR) is 129 cm³/mol. The molecule has 0 aromatic heterocycles. The Morgan fingerprint density at radius 2 is 1.23 bits per heavy atom. The maximum Gasteiger partial charge on any atom is 0.207 e. The molecule has 0 aliphatic carbocycles. The van der Waals surface area contributed by atoms with Gasteiger partial charge in [-0.2, -0.15) is 0 Å². The quantitative estimate of drug-likeness (QED) is 0.504. The Morgan fingerprint density at radius 1 is 0.743 bits per heavy atom. The van der Waals surface area contributed by atoms with Gasteiger partial charge in [0.2, 0.25) is 11.5 Å². The van der Waals surface area contributed by atoms with Crippen molar-refractivity contribution < 1.29 is 28.1 Å². The highest BCUT2D eigenvalue weighted by molar-refractivity contribution is 5.62. The Kier molecular flexibility index (Phi) is 7.73. The second-order valence-electron chi connectivity index (χ2n) is 8.47. The molecule has 186 valence electrons. The van der Waals surface area contributed by atoms with Crippen LogP contribution in [0.4, 0.5) is 8.78 Å². The van der Waals surface area contributed by atoms with Crippen molar-refractivity contribution in [3.8, 4) is 23.0 Å². The van der Waals surface area contributed by atoms with Crippen LogP contribution in [-0.4, -0.2) is 62.4 Å². The number of hydrogen-bond acceptors (Lipinski definition) is 6. The van der Waals surface area contributed by atoms with Crippen LogP contribution in [0.5, 0.6) is 23.0 Å². The molecule has 0 atom stereocenters. The van der Waals surface area contributed by atoms with E-state index in [1.807, 2.05) is 0 Å². The molecule has 1 N–H and O–H groups in total. The van der Waals surface area contributed by atoms with Gasteiger partial charge in [0.05, 0.1) is 27.4 Å². The number of aromatic hydroxyl groups is 1. The second-order valence-corrected chi connectivity index (χ2v) is 8.47. The number of hydrogen-bond donors (Lipinski definition) is 1. The molecule has 1 saturated heterocycles. The summed E-state index contributed by atoms with van der Waals surface area (Å²) in [4.78, 5) is 4.59. The fourth-order valence-corrected chi connectivity index (χ4v) is 4.71. The number of rotatable bonds is 8. The first-order chi connectivity index (χ1) is 16.9. The van der Waals surface area contributed by atoms with Crippen molar-refractivity contribution in [3.05, 3.63) is 82.9 Å². The molecule has 3 aromatic rings. The van der Waals surface area contributed by atoms with Crippen LogP contribution in [0.3, 0.4) is 0 Å². The largest absolute Gasteiger partial charge is 0.504 e. The van der Waals surface area contributed by atoms with Crippen molar-refractivity contribution in [1.29, 1.82) is 0 Å². The van der Waals surface area contributed by atoms with Gasteiger partial charge in [-0.25, -0.2) is 8.78 Å². The lowest BCUT2D eigenvalue weighted by Crippen LogP contribution is -2.47. The number of ether oxygens (including phenoxy) is 3. The summed E-state index contributed by atoms with van der Waals surface area (Å²) in [6, 6.07) is 14.5. The molecule has 6 nitrogen and oxygen atoms in total. The van der Waals surface area contributed by atoms with Crippen molar-refractivity contribution in [2.45, 2.75) is 12.6 Å². The topological polar surface area (TPSA) is 54.4 Å². The Labute approximate surface area is 204 Å². The average molecular weight is 485 g/mol. The Bertz CT molecular complexity index is 1090. The minimum atomic E-state index is -0.288. The number of methoxy groups -OCH3 is 3. The van der Waals surface area contributed by atoms with Gasteiger partial charge >= 0.3 is 0 Å². The summed E-state index contributed by atoms with van der Waals surface area (Å²) < 4.78 is 43.5. The number of nitrogens with zero attached hydrogens (tertiary/aromatic N) is 2. The van der Waals surface area contributed by atoms with E-state index >= 15 is 0 Å². The zero-order valence-corrected chi connectivity index (χ0v) is 20.1. The molecule has 1 aliphatic rings. The normalized spacial score (nSPS) is 14.8. The SMILES string of the molecule is COc1c(O)cc(CN2CCN(C(c3ccc(F)cc3)c3ccc(F)cc3)CC2)c(OC)c1OC. The summed E-state index contributed by atoms with van der Waals surface area (Å²) in [5.41, 5.74) is 2.71. The number of halogens is 2. The fraction of sp³-hybridized carbons (Fsp3) is 0.333. The van der Waals surface area contributed by atoms with Gasteiger partial charge in [-0.1, -0.05) is 24.3 Å². The zero-order valence-electron chi connectivity index (χ0n) is 20.1. The summed E-state index contributed by atoms with van der Waals surface area (Å²) in [6.45, 7) is 3.58. The number of phenolic OH excluding ortho intramolecular Hbond substituents is 1. The molecular weight excluding hydrogens is 454 g/mol. The van der Waals surface area contributed by atoms with Gasteiger partial charge < -0.3 is 19.3 Å². The summed E-state index contributed by atoms with van der Waals surface area (Å²) in [5, 5.41) is 10.4. The highest BCUT2D eigenvalue weighted by atomic mass is 19.1. The molecule has 0 radical (unpaired) electrons. The first-order valence-corrected chi connectivity index (χ1v) is 11.4. The van der Waals surface area contributed by atoms with E-state index in [2.05, 4.69) is 9.80 Å². The van der Waals surface area contributed by atoms with Gasteiger partial charge in [-0.05, 0) is 41.5 Å². The lowest BCUT2D eigenvalue weighted by Gasteiger charge is -2.40. The first-order valence-electron chi connectivity index (χ1n) is 11.4. The molecule has 0 bridgehead atoms. The van der Waals surface area contributed by atoms with Gasteiger partial charge in [0.25, 0.3) is 0 Å².